The molecule has 0 saturated carbocycles. The Morgan fingerprint density at radius 3 is 1.91 bits per heavy atom. The van der Waals surface area contributed by atoms with Gasteiger partial charge in [-0.1, -0.05) is 0 Å². The molecule has 62 valence electrons. The molecule has 11 heavy (non-hydrogen) atoms. The molecule has 0 radical (unpaired) electrons. The first-order valence-electron chi connectivity index (χ1n) is 2.64. The fraction of sp³-hybridized carbons (Fsp3) is 0.333. The Morgan fingerprint density at radius 1 is 1.45 bits per heavy atom. The van der Waals surface area contributed by atoms with Gasteiger partial charge in [0.05, 0.1) is 6.42 Å². The summed E-state index contributed by atoms with van der Waals surface area (Å²) < 4.78 is 0. The molecule has 0 fully saturated rings. The lowest BCUT2D eigenvalue weighted by atomic mass is 10.2. The van der Waals surface area contributed by atoms with Crippen LogP contribution in [0.2, 0.25) is 0 Å². The van der Waals surface area contributed by atoms with Gasteiger partial charge in [-0.05, 0) is 0 Å². The van der Waals surface area contributed by atoms with E-state index in [1.807, 2.05) is 0 Å². The van der Waals surface area contributed by atoms with E-state index in [9.17, 15) is 9.59 Å². The average Bonchev–Trinajstić information content (AvgIpc) is 1.90. The Labute approximate surface area is 64.4 Å². The highest BCUT2D eigenvalue weighted by atomic mass is 16.4. The first kappa shape index (κ1) is 12.2. The molecule has 0 aliphatic carbocycles. The summed E-state index contributed by atoms with van der Waals surface area (Å²) >= 11 is 0. The minimum absolute atomic E-state index is 0.310. The van der Waals surface area contributed by atoms with Crippen LogP contribution >= 0.6 is 0 Å². The fourth-order valence-corrected chi connectivity index (χ4v) is 0.304. The summed E-state index contributed by atoms with van der Waals surface area (Å²) in [5, 5.41) is 8.10. The SMILES string of the molecule is C#C.NC(=O)CC(N)C(=O)O. The summed E-state index contributed by atoms with van der Waals surface area (Å²) in [6, 6.07) is -1.16. The maximum Gasteiger partial charge on any atom is 0.321 e. The Balaban J connectivity index is 0. The van der Waals surface area contributed by atoms with Gasteiger partial charge in [-0.3, -0.25) is 9.59 Å². The van der Waals surface area contributed by atoms with Crippen molar-refractivity contribution in [2.24, 2.45) is 11.5 Å². The van der Waals surface area contributed by atoms with Crippen LogP contribution in [0.5, 0.6) is 0 Å². The highest BCUT2D eigenvalue weighted by Gasteiger charge is 2.13. The zero-order valence-electron chi connectivity index (χ0n) is 5.86. The number of carbonyl (C=O) groups is 2. The van der Waals surface area contributed by atoms with Crippen LogP contribution in [0.15, 0.2) is 0 Å². The molecule has 5 heteroatoms. The van der Waals surface area contributed by atoms with Crippen LogP contribution in [0.3, 0.4) is 0 Å². The lowest BCUT2D eigenvalue weighted by molar-refractivity contribution is -0.140. The second kappa shape index (κ2) is 6.58. The Kier molecular flexibility index (Phi) is 7.28. The van der Waals surface area contributed by atoms with Crippen molar-refractivity contribution in [3.8, 4) is 12.8 Å². The van der Waals surface area contributed by atoms with Gasteiger partial charge in [0.15, 0.2) is 0 Å². The summed E-state index contributed by atoms with van der Waals surface area (Å²) in [6.07, 6.45) is 7.69. The van der Waals surface area contributed by atoms with Crippen LogP contribution in [-0.4, -0.2) is 23.0 Å². The highest BCUT2D eigenvalue weighted by molar-refractivity contribution is 5.82. The van der Waals surface area contributed by atoms with E-state index >= 15 is 0 Å². The van der Waals surface area contributed by atoms with Crippen LogP contribution in [-0.2, 0) is 9.59 Å². The van der Waals surface area contributed by atoms with E-state index in [0.29, 0.717) is 0 Å². The number of carbonyl (C=O) groups excluding carboxylic acids is 1. The first-order valence-corrected chi connectivity index (χ1v) is 2.64. The van der Waals surface area contributed by atoms with Crippen molar-refractivity contribution in [2.75, 3.05) is 0 Å². The van der Waals surface area contributed by atoms with E-state index in [4.69, 9.17) is 10.8 Å². The third-order valence-corrected chi connectivity index (χ3v) is 0.738. The number of rotatable bonds is 3. The standard InChI is InChI=1S/C4H8N2O3.C2H2/c5-2(4(8)9)1-3(6)7;1-2/h2H,1,5H2,(H2,6,7)(H,8,9);1-2H. The summed E-state index contributed by atoms with van der Waals surface area (Å²) in [7, 11) is 0. The molecule has 0 aromatic rings. The van der Waals surface area contributed by atoms with Gasteiger partial charge in [0.2, 0.25) is 5.91 Å². The molecule has 5 nitrogen and oxygen atoms in total. The maximum atomic E-state index is 9.99. The van der Waals surface area contributed by atoms with Gasteiger partial charge in [-0.2, -0.15) is 0 Å². The molecule has 0 spiro atoms. The molecule has 0 aromatic heterocycles. The molecule has 1 unspecified atom stereocenters. The molecular weight excluding hydrogens is 148 g/mol. The zero-order chi connectivity index (χ0) is 9.44. The highest BCUT2D eigenvalue weighted by Crippen LogP contribution is 1.84. The normalized spacial score (nSPS) is 10.5. The molecule has 0 rings (SSSR count). The quantitative estimate of drug-likeness (QED) is 0.435. The lowest BCUT2D eigenvalue weighted by Crippen LogP contribution is -2.34. The van der Waals surface area contributed by atoms with Gasteiger partial charge >= 0.3 is 5.97 Å². The van der Waals surface area contributed by atoms with Gasteiger partial charge in [0.1, 0.15) is 6.04 Å². The van der Waals surface area contributed by atoms with Crippen molar-refractivity contribution in [1.82, 2.24) is 0 Å². The van der Waals surface area contributed by atoms with Gasteiger partial charge in [0, 0.05) is 0 Å². The largest absolute Gasteiger partial charge is 0.480 e. The number of hydrogen-bond acceptors (Lipinski definition) is 3. The number of amides is 1. The molecule has 0 bridgehead atoms. The molecule has 0 saturated heterocycles. The van der Waals surface area contributed by atoms with Crippen LogP contribution in [0.4, 0.5) is 0 Å². The van der Waals surface area contributed by atoms with Crippen molar-refractivity contribution in [3.63, 3.8) is 0 Å². The molecule has 0 aliphatic heterocycles. The number of terminal acetylenes is 1. The predicted molar refractivity (Wildman–Crippen MR) is 39.3 cm³/mol. The monoisotopic (exact) mass is 158 g/mol. The minimum Gasteiger partial charge on any atom is -0.480 e. The van der Waals surface area contributed by atoms with Gasteiger partial charge in [-0.25, -0.2) is 0 Å². The van der Waals surface area contributed by atoms with E-state index in [1.54, 1.807) is 0 Å². The van der Waals surface area contributed by atoms with E-state index in [0.717, 1.165) is 0 Å². The third-order valence-electron chi connectivity index (χ3n) is 0.738. The number of carboxylic acid groups (broad SMARTS) is 1. The molecule has 1 amide bonds. The Morgan fingerprint density at radius 2 is 1.82 bits per heavy atom. The molecule has 1 atom stereocenters. The predicted octanol–water partition coefficient (Wildman–Crippen LogP) is -1.48. The maximum absolute atomic E-state index is 9.99. The number of hydrogen-bond donors (Lipinski definition) is 3. The van der Waals surface area contributed by atoms with E-state index < -0.39 is 17.9 Å². The van der Waals surface area contributed by atoms with Crippen molar-refractivity contribution in [1.29, 1.82) is 0 Å². The second-order valence-corrected chi connectivity index (χ2v) is 1.62. The van der Waals surface area contributed by atoms with Crippen molar-refractivity contribution >= 4 is 11.9 Å². The van der Waals surface area contributed by atoms with Crippen LogP contribution in [0, 0.1) is 12.8 Å². The third kappa shape index (κ3) is 8.46. The number of aliphatic carboxylic acids is 1. The van der Waals surface area contributed by atoms with Crippen LogP contribution in [0.25, 0.3) is 0 Å². The summed E-state index contributed by atoms with van der Waals surface area (Å²) in [4.78, 5) is 19.9. The topological polar surface area (TPSA) is 106 Å². The number of nitrogens with two attached hydrogens (primary N) is 2. The van der Waals surface area contributed by atoms with Crippen molar-refractivity contribution in [2.45, 2.75) is 12.5 Å². The Bertz CT molecular complexity index is 164. The van der Waals surface area contributed by atoms with Gasteiger partial charge < -0.3 is 16.6 Å². The molecule has 0 aliphatic rings. The summed E-state index contributed by atoms with van der Waals surface area (Å²) in [6.45, 7) is 0. The van der Waals surface area contributed by atoms with Crippen LogP contribution in [0.1, 0.15) is 6.42 Å². The number of carboxylic acids is 1. The van der Waals surface area contributed by atoms with Crippen molar-refractivity contribution in [3.05, 3.63) is 0 Å². The molecular formula is C6H10N2O3. The minimum atomic E-state index is -1.21. The zero-order valence-corrected chi connectivity index (χ0v) is 5.86. The van der Waals surface area contributed by atoms with E-state index in [-0.39, 0.29) is 6.42 Å². The van der Waals surface area contributed by atoms with Crippen molar-refractivity contribution < 1.29 is 14.7 Å². The number of primary amides is 1. The van der Waals surface area contributed by atoms with E-state index in [2.05, 4.69) is 18.6 Å². The molecule has 0 aromatic carbocycles. The van der Waals surface area contributed by atoms with Gasteiger partial charge in [-0.15, -0.1) is 12.8 Å². The average molecular weight is 158 g/mol. The summed E-state index contributed by atoms with van der Waals surface area (Å²) in [5.74, 6) is -1.92. The summed E-state index contributed by atoms with van der Waals surface area (Å²) in [5.41, 5.74) is 9.57. The lowest BCUT2D eigenvalue weighted by Gasteiger charge is -1.99. The Hall–Kier alpha value is -1.54. The fourth-order valence-electron chi connectivity index (χ4n) is 0.304. The van der Waals surface area contributed by atoms with E-state index in [1.165, 1.54) is 0 Å². The smallest absolute Gasteiger partial charge is 0.321 e. The van der Waals surface area contributed by atoms with Crippen LogP contribution < -0.4 is 11.5 Å². The molecule has 5 N–H and O–H groups in total. The first-order chi connectivity index (χ1) is 5.04. The van der Waals surface area contributed by atoms with Gasteiger partial charge in [0.25, 0.3) is 0 Å². The molecule has 0 heterocycles. The second-order valence-electron chi connectivity index (χ2n) is 1.62.